The van der Waals surface area contributed by atoms with Gasteiger partial charge in [-0.05, 0) is 63.2 Å². The van der Waals surface area contributed by atoms with Gasteiger partial charge in [-0.1, -0.05) is 105 Å². The Morgan fingerprint density at radius 1 is 0.622 bits per heavy atom. The van der Waals surface area contributed by atoms with Crippen LogP contribution in [0.15, 0.2) is 0 Å². The molecule has 4 fully saturated rings. The first-order chi connectivity index (χ1) is 18.1. The summed E-state index contributed by atoms with van der Waals surface area (Å²) in [5.74, 6) is 3.25. The lowest BCUT2D eigenvalue weighted by Gasteiger charge is -2.40. The van der Waals surface area contributed by atoms with Gasteiger partial charge < -0.3 is 9.47 Å². The van der Waals surface area contributed by atoms with Gasteiger partial charge in [-0.15, -0.1) is 11.8 Å². The topological polar surface area (TPSA) is 18.5 Å². The second-order valence-corrected chi connectivity index (χ2v) is 15.4. The number of rotatable bonds is 20. The second-order valence-electron chi connectivity index (χ2n) is 13.7. The predicted molar refractivity (Wildman–Crippen MR) is 162 cm³/mol. The maximum absolute atomic E-state index is 6.48. The van der Waals surface area contributed by atoms with Crippen LogP contribution in [0.5, 0.6) is 0 Å². The van der Waals surface area contributed by atoms with Crippen molar-refractivity contribution < 1.29 is 9.47 Å². The molecule has 0 spiro atoms. The lowest BCUT2D eigenvalue weighted by atomic mass is 9.87. The van der Waals surface area contributed by atoms with E-state index in [0.29, 0.717) is 21.7 Å². The van der Waals surface area contributed by atoms with Gasteiger partial charge in [0.1, 0.15) is 0 Å². The Labute approximate surface area is 235 Å². The largest absolute Gasteiger partial charge is 0.378 e. The molecule has 3 heteroatoms. The molecule has 2 saturated heterocycles. The first kappa shape index (κ1) is 30.2. The monoisotopic (exact) mass is 534 g/mol. The smallest absolute Gasteiger partial charge is 0.0617 e. The molecule has 0 aromatic heterocycles. The zero-order valence-corrected chi connectivity index (χ0v) is 26.1. The quantitative estimate of drug-likeness (QED) is 0.145. The van der Waals surface area contributed by atoms with E-state index in [1.807, 2.05) is 0 Å². The highest BCUT2D eigenvalue weighted by atomic mass is 32.2. The molecule has 0 amide bonds. The highest BCUT2D eigenvalue weighted by Gasteiger charge is 2.68. The van der Waals surface area contributed by atoms with E-state index in [4.69, 9.17) is 9.47 Å². The molecule has 8 unspecified atom stereocenters. The third-order valence-electron chi connectivity index (χ3n) is 10.8. The van der Waals surface area contributed by atoms with Crippen molar-refractivity contribution in [2.45, 2.75) is 178 Å². The summed E-state index contributed by atoms with van der Waals surface area (Å²) in [6, 6.07) is 0. The lowest BCUT2D eigenvalue weighted by molar-refractivity contribution is 0.0489. The zero-order valence-electron chi connectivity index (χ0n) is 25.2. The fourth-order valence-electron chi connectivity index (χ4n) is 8.28. The van der Waals surface area contributed by atoms with Crippen molar-refractivity contribution in [1.29, 1.82) is 0 Å². The summed E-state index contributed by atoms with van der Waals surface area (Å²) in [4.78, 5) is 0. The molecule has 4 aliphatic rings. The van der Waals surface area contributed by atoms with Crippen molar-refractivity contribution in [2.24, 2.45) is 23.7 Å². The van der Waals surface area contributed by atoms with Crippen LogP contribution in [0, 0.1) is 23.7 Å². The first-order valence-corrected chi connectivity index (χ1v) is 17.8. The van der Waals surface area contributed by atoms with Crippen molar-refractivity contribution in [3.8, 4) is 0 Å². The maximum Gasteiger partial charge on any atom is 0.0617 e. The Kier molecular flexibility index (Phi) is 12.1. The number of thioether (sulfide) groups is 1. The van der Waals surface area contributed by atoms with Crippen LogP contribution in [0.25, 0.3) is 0 Å². The van der Waals surface area contributed by atoms with E-state index in [1.54, 1.807) is 0 Å². The van der Waals surface area contributed by atoms with Gasteiger partial charge in [-0.2, -0.15) is 0 Å². The van der Waals surface area contributed by atoms with Gasteiger partial charge in [0.25, 0.3) is 0 Å². The highest BCUT2D eigenvalue weighted by Crippen LogP contribution is 2.73. The van der Waals surface area contributed by atoms with E-state index < -0.39 is 0 Å². The van der Waals surface area contributed by atoms with E-state index in [0.717, 1.165) is 36.9 Å². The fourth-order valence-corrected chi connectivity index (χ4v) is 10.9. The van der Waals surface area contributed by atoms with Gasteiger partial charge in [-0.3, -0.25) is 0 Å². The summed E-state index contributed by atoms with van der Waals surface area (Å²) in [7, 11) is 0. The molecule has 0 aromatic carbocycles. The Bertz CT molecular complexity index is 588. The normalized spacial score (nSPS) is 36.6. The minimum absolute atomic E-state index is 0.473. The SMILES string of the molecule is CCCCCCCCC(C1CCCO1)C1(SC2(C(CCCCCCCC)C3CCCO3)CC2C)CC1C. The first-order valence-electron chi connectivity index (χ1n) is 17.0. The highest BCUT2D eigenvalue weighted by molar-refractivity contribution is 8.02. The van der Waals surface area contributed by atoms with Gasteiger partial charge in [0.2, 0.25) is 0 Å². The van der Waals surface area contributed by atoms with E-state index in [9.17, 15) is 0 Å². The standard InChI is InChI=1S/C34H62O2S/c1-5-7-9-11-13-15-19-29(31-21-17-23-35-31)33(25-27(33)3)37-34(26-28(34)4)30(32-22-18-24-36-32)20-16-14-12-10-8-6-2/h27-32H,5-26H2,1-4H3. The Hall–Kier alpha value is 0.270. The summed E-state index contributed by atoms with van der Waals surface area (Å²) in [6.45, 7) is 11.8. The average Bonchev–Trinajstić information content (AvgIpc) is 3.46. The molecule has 0 N–H and O–H groups in total. The van der Waals surface area contributed by atoms with Gasteiger partial charge in [0.15, 0.2) is 0 Å². The zero-order chi connectivity index (χ0) is 26.1. The lowest BCUT2D eigenvalue weighted by Crippen LogP contribution is -2.39. The summed E-state index contributed by atoms with van der Waals surface area (Å²) in [5, 5.41) is 0. The van der Waals surface area contributed by atoms with Gasteiger partial charge in [-0.25, -0.2) is 0 Å². The van der Waals surface area contributed by atoms with Crippen LogP contribution in [0.2, 0.25) is 0 Å². The molecule has 0 radical (unpaired) electrons. The molecule has 2 aliphatic heterocycles. The molecule has 0 aromatic rings. The van der Waals surface area contributed by atoms with E-state index in [1.165, 1.54) is 128 Å². The van der Waals surface area contributed by atoms with Crippen molar-refractivity contribution in [3.05, 3.63) is 0 Å². The van der Waals surface area contributed by atoms with Crippen LogP contribution in [0.4, 0.5) is 0 Å². The summed E-state index contributed by atoms with van der Waals surface area (Å²) >= 11 is 2.52. The summed E-state index contributed by atoms with van der Waals surface area (Å²) in [6.07, 6.45) is 28.8. The van der Waals surface area contributed by atoms with E-state index in [-0.39, 0.29) is 0 Å². The molecule has 4 rings (SSSR count). The number of hydrogen-bond acceptors (Lipinski definition) is 3. The van der Waals surface area contributed by atoms with Crippen molar-refractivity contribution in [1.82, 2.24) is 0 Å². The van der Waals surface area contributed by atoms with Gasteiger partial charge >= 0.3 is 0 Å². The fraction of sp³-hybridized carbons (Fsp3) is 1.00. The van der Waals surface area contributed by atoms with Crippen LogP contribution in [-0.4, -0.2) is 34.9 Å². The van der Waals surface area contributed by atoms with Crippen LogP contribution in [-0.2, 0) is 9.47 Å². The molecule has 37 heavy (non-hydrogen) atoms. The van der Waals surface area contributed by atoms with Crippen molar-refractivity contribution >= 4 is 11.8 Å². The van der Waals surface area contributed by atoms with E-state index >= 15 is 0 Å². The Morgan fingerprint density at radius 2 is 1.00 bits per heavy atom. The minimum Gasteiger partial charge on any atom is -0.378 e. The van der Waals surface area contributed by atoms with E-state index in [2.05, 4.69) is 39.5 Å². The van der Waals surface area contributed by atoms with Crippen LogP contribution < -0.4 is 0 Å². The summed E-state index contributed by atoms with van der Waals surface area (Å²) in [5.41, 5.74) is 0. The number of ether oxygens (including phenoxy) is 2. The third kappa shape index (κ3) is 7.72. The second kappa shape index (κ2) is 14.8. The minimum atomic E-state index is 0.473. The van der Waals surface area contributed by atoms with Crippen LogP contribution in [0.3, 0.4) is 0 Å². The maximum atomic E-state index is 6.48. The predicted octanol–water partition coefficient (Wildman–Crippen LogP) is 10.4. The van der Waals surface area contributed by atoms with Crippen molar-refractivity contribution in [3.63, 3.8) is 0 Å². The molecule has 2 saturated carbocycles. The van der Waals surface area contributed by atoms with Gasteiger partial charge in [0, 0.05) is 34.5 Å². The third-order valence-corrected chi connectivity index (χ3v) is 13.3. The van der Waals surface area contributed by atoms with Crippen LogP contribution in [0.1, 0.15) is 156 Å². The van der Waals surface area contributed by atoms with Crippen molar-refractivity contribution in [2.75, 3.05) is 13.2 Å². The molecule has 8 atom stereocenters. The van der Waals surface area contributed by atoms with Crippen LogP contribution >= 0.6 is 11.8 Å². The molecule has 2 aliphatic carbocycles. The Morgan fingerprint density at radius 3 is 1.32 bits per heavy atom. The average molecular weight is 535 g/mol. The molecule has 216 valence electrons. The molecular weight excluding hydrogens is 472 g/mol. The molecule has 2 heterocycles. The van der Waals surface area contributed by atoms with Gasteiger partial charge in [0.05, 0.1) is 12.2 Å². The molecule has 2 nitrogen and oxygen atoms in total. The number of unbranched alkanes of at least 4 members (excludes halogenated alkanes) is 10. The Balaban J connectivity index is 1.43. The summed E-state index contributed by atoms with van der Waals surface area (Å²) < 4.78 is 13.9. The molecular formula is C34H62O2S. The number of hydrogen-bond donors (Lipinski definition) is 0. The molecule has 0 bridgehead atoms.